The number of benzene rings is 1. The molecule has 1 aromatic carbocycles. The smallest absolute Gasteiger partial charge is 0.241 e. The molecule has 2 unspecified atom stereocenters. The van der Waals surface area contributed by atoms with Crippen LogP contribution in [0, 0.1) is 9.49 Å². The largest absolute Gasteiger partial charge is 0.324 e. The molecule has 0 bridgehead atoms. The van der Waals surface area contributed by atoms with Crippen LogP contribution in [-0.2, 0) is 4.79 Å². The van der Waals surface area contributed by atoms with E-state index in [0.29, 0.717) is 12.0 Å². The van der Waals surface area contributed by atoms with Gasteiger partial charge in [-0.2, -0.15) is 0 Å². The van der Waals surface area contributed by atoms with Gasteiger partial charge in [-0.3, -0.25) is 4.79 Å². The van der Waals surface area contributed by atoms with Gasteiger partial charge in [0.25, 0.3) is 0 Å². The minimum Gasteiger partial charge on any atom is -0.324 e. The molecule has 1 rings (SSSR count). The number of amides is 1. The van der Waals surface area contributed by atoms with Crippen molar-refractivity contribution in [3.8, 4) is 0 Å². The third kappa shape index (κ3) is 4.57. The number of para-hydroxylation sites is 1. The van der Waals surface area contributed by atoms with E-state index in [2.05, 4.69) is 54.0 Å². The SMILES string of the molecule is CC(NC(C)C(C)C)C(=O)Nc1ccccc1I. The summed E-state index contributed by atoms with van der Waals surface area (Å²) in [6.45, 7) is 8.27. The lowest BCUT2D eigenvalue weighted by molar-refractivity contribution is -0.118. The van der Waals surface area contributed by atoms with Gasteiger partial charge in [0.05, 0.1) is 11.7 Å². The molecule has 0 saturated heterocycles. The highest BCUT2D eigenvalue weighted by Gasteiger charge is 2.17. The number of hydrogen-bond acceptors (Lipinski definition) is 2. The molecule has 0 spiro atoms. The summed E-state index contributed by atoms with van der Waals surface area (Å²) >= 11 is 2.22. The standard InChI is InChI=1S/C14H21IN2O/c1-9(2)10(3)16-11(4)14(18)17-13-8-6-5-7-12(13)15/h5-11,16H,1-4H3,(H,17,18). The third-order valence-corrected chi connectivity index (χ3v) is 3.98. The van der Waals surface area contributed by atoms with Gasteiger partial charge in [-0.05, 0) is 54.5 Å². The fraction of sp³-hybridized carbons (Fsp3) is 0.500. The van der Waals surface area contributed by atoms with Gasteiger partial charge in [-0.15, -0.1) is 0 Å². The van der Waals surface area contributed by atoms with E-state index in [9.17, 15) is 4.79 Å². The molecule has 2 N–H and O–H groups in total. The van der Waals surface area contributed by atoms with Crippen molar-refractivity contribution in [3.05, 3.63) is 27.8 Å². The Hall–Kier alpha value is -0.620. The first-order chi connectivity index (χ1) is 8.41. The van der Waals surface area contributed by atoms with Crippen molar-refractivity contribution in [2.45, 2.75) is 39.8 Å². The van der Waals surface area contributed by atoms with Crippen LogP contribution in [0.15, 0.2) is 24.3 Å². The Labute approximate surface area is 123 Å². The first kappa shape index (κ1) is 15.4. The molecule has 0 aliphatic carbocycles. The maximum atomic E-state index is 12.0. The van der Waals surface area contributed by atoms with Crippen molar-refractivity contribution >= 4 is 34.2 Å². The molecule has 1 amide bonds. The van der Waals surface area contributed by atoms with E-state index in [4.69, 9.17) is 0 Å². The molecular weight excluding hydrogens is 339 g/mol. The van der Waals surface area contributed by atoms with Crippen molar-refractivity contribution in [2.75, 3.05) is 5.32 Å². The topological polar surface area (TPSA) is 41.1 Å². The molecule has 4 heteroatoms. The second kappa shape index (κ2) is 7.09. The van der Waals surface area contributed by atoms with Crippen molar-refractivity contribution in [1.82, 2.24) is 5.32 Å². The summed E-state index contributed by atoms with van der Waals surface area (Å²) in [6, 6.07) is 7.90. The van der Waals surface area contributed by atoms with E-state index >= 15 is 0 Å². The summed E-state index contributed by atoms with van der Waals surface area (Å²) in [5.74, 6) is 0.517. The number of carbonyl (C=O) groups excluding carboxylic acids is 1. The zero-order chi connectivity index (χ0) is 13.7. The van der Waals surface area contributed by atoms with E-state index in [1.54, 1.807) is 0 Å². The van der Waals surface area contributed by atoms with E-state index in [1.165, 1.54) is 0 Å². The zero-order valence-corrected chi connectivity index (χ0v) is 13.5. The molecule has 0 aliphatic heterocycles. The molecule has 0 aromatic heterocycles. The molecule has 3 nitrogen and oxygen atoms in total. The summed E-state index contributed by atoms with van der Waals surface area (Å²) < 4.78 is 1.05. The molecule has 0 aliphatic rings. The summed E-state index contributed by atoms with van der Waals surface area (Å²) in [4.78, 5) is 12.0. The molecular formula is C14H21IN2O. The van der Waals surface area contributed by atoms with Crippen LogP contribution >= 0.6 is 22.6 Å². The van der Waals surface area contributed by atoms with Crippen LogP contribution in [0.5, 0.6) is 0 Å². The summed E-state index contributed by atoms with van der Waals surface area (Å²) in [6.07, 6.45) is 0. The highest BCUT2D eigenvalue weighted by molar-refractivity contribution is 14.1. The fourth-order valence-electron chi connectivity index (χ4n) is 1.47. The summed E-state index contributed by atoms with van der Waals surface area (Å²) in [5.41, 5.74) is 0.869. The number of hydrogen-bond donors (Lipinski definition) is 2. The average Bonchev–Trinajstić information content (AvgIpc) is 2.31. The lowest BCUT2D eigenvalue weighted by Crippen LogP contribution is -2.44. The minimum atomic E-state index is -0.196. The second-order valence-electron chi connectivity index (χ2n) is 4.89. The molecule has 1 aromatic rings. The van der Waals surface area contributed by atoms with Gasteiger partial charge in [0.2, 0.25) is 5.91 Å². The van der Waals surface area contributed by atoms with Crippen LogP contribution in [-0.4, -0.2) is 18.0 Å². The summed E-state index contributed by atoms with van der Waals surface area (Å²) in [5, 5.41) is 6.25. The van der Waals surface area contributed by atoms with Crippen LogP contribution in [0.4, 0.5) is 5.69 Å². The zero-order valence-electron chi connectivity index (χ0n) is 11.3. The number of halogens is 1. The van der Waals surface area contributed by atoms with Gasteiger partial charge in [0, 0.05) is 9.61 Å². The van der Waals surface area contributed by atoms with E-state index in [-0.39, 0.29) is 11.9 Å². The van der Waals surface area contributed by atoms with Crippen LogP contribution in [0.1, 0.15) is 27.7 Å². The van der Waals surface area contributed by atoms with Gasteiger partial charge < -0.3 is 10.6 Å². The van der Waals surface area contributed by atoms with Crippen molar-refractivity contribution in [1.29, 1.82) is 0 Å². The fourth-order valence-corrected chi connectivity index (χ4v) is 1.99. The maximum Gasteiger partial charge on any atom is 0.241 e. The number of rotatable bonds is 5. The Morgan fingerprint density at radius 3 is 2.33 bits per heavy atom. The Morgan fingerprint density at radius 1 is 1.17 bits per heavy atom. The van der Waals surface area contributed by atoms with Gasteiger partial charge in [0.15, 0.2) is 0 Å². The van der Waals surface area contributed by atoms with Crippen molar-refractivity contribution < 1.29 is 4.79 Å². The first-order valence-electron chi connectivity index (χ1n) is 6.23. The monoisotopic (exact) mass is 360 g/mol. The van der Waals surface area contributed by atoms with Crippen LogP contribution in [0.3, 0.4) is 0 Å². The van der Waals surface area contributed by atoms with Gasteiger partial charge in [-0.25, -0.2) is 0 Å². The van der Waals surface area contributed by atoms with E-state index in [0.717, 1.165) is 9.26 Å². The quantitative estimate of drug-likeness (QED) is 0.792. The maximum absolute atomic E-state index is 12.0. The average molecular weight is 360 g/mol. The van der Waals surface area contributed by atoms with Gasteiger partial charge in [0.1, 0.15) is 0 Å². The lowest BCUT2D eigenvalue weighted by atomic mass is 10.1. The molecule has 0 heterocycles. The lowest BCUT2D eigenvalue weighted by Gasteiger charge is -2.22. The van der Waals surface area contributed by atoms with Gasteiger partial charge >= 0.3 is 0 Å². The van der Waals surface area contributed by atoms with E-state index < -0.39 is 0 Å². The Morgan fingerprint density at radius 2 is 1.78 bits per heavy atom. The molecule has 0 saturated carbocycles. The van der Waals surface area contributed by atoms with Gasteiger partial charge in [-0.1, -0.05) is 26.0 Å². The van der Waals surface area contributed by atoms with E-state index in [1.807, 2.05) is 31.2 Å². The van der Waals surface area contributed by atoms with Crippen molar-refractivity contribution in [2.24, 2.45) is 5.92 Å². The predicted molar refractivity (Wildman–Crippen MR) is 84.7 cm³/mol. The van der Waals surface area contributed by atoms with Crippen LogP contribution < -0.4 is 10.6 Å². The molecule has 18 heavy (non-hydrogen) atoms. The van der Waals surface area contributed by atoms with Crippen LogP contribution in [0.25, 0.3) is 0 Å². The normalized spacial score (nSPS) is 14.3. The Kier molecular flexibility index (Phi) is 6.08. The number of carbonyl (C=O) groups is 1. The number of nitrogens with one attached hydrogen (secondary N) is 2. The summed E-state index contributed by atoms with van der Waals surface area (Å²) in [7, 11) is 0. The molecule has 0 radical (unpaired) electrons. The molecule has 0 fully saturated rings. The molecule has 100 valence electrons. The molecule has 2 atom stereocenters. The van der Waals surface area contributed by atoms with Crippen molar-refractivity contribution in [3.63, 3.8) is 0 Å². The first-order valence-corrected chi connectivity index (χ1v) is 7.31. The Bertz CT molecular complexity index is 407. The predicted octanol–water partition coefficient (Wildman–Crippen LogP) is 3.25. The van der Waals surface area contributed by atoms with Crippen LogP contribution in [0.2, 0.25) is 0 Å². The number of anilines is 1. The highest BCUT2D eigenvalue weighted by Crippen LogP contribution is 2.17. The highest BCUT2D eigenvalue weighted by atomic mass is 127. The Balaban J connectivity index is 2.58. The third-order valence-electron chi connectivity index (χ3n) is 3.04. The second-order valence-corrected chi connectivity index (χ2v) is 6.05. The minimum absolute atomic E-state index is 0.00613.